The summed E-state index contributed by atoms with van der Waals surface area (Å²) in [6.07, 6.45) is 1.34. The van der Waals surface area contributed by atoms with Gasteiger partial charge in [-0.05, 0) is 18.1 Å². The normalized spacial score (nSPS) is 30.7. The molecule has 0 aliphatic carbocycles. The smallest absolute Gasteiger partial charge is 0.142 e. The van der Waals surface area contributed by atoms with Crippen molar-refractivity contribution in [3.63, 3.8) is 0 Å². The lowest BCUT2D eigenvalue weighted by molar-refractivity contribution is 0.110. The van der Waals surface area contributed by atoms with E-state index < -0.39 is 0 Å². The summed E-state index contributed by atoms with van der Waals surface area (Å²) in [5, 5.41) is 13.7. The van der Waals surface area contributed by atoms with E-state index in [1.54, 1.807) is 7.11 Å². The van der Waals surface area contributed by atoms with Crippen LogP contribution >= 0.6 is 0 Å². The van der Waals surface area contributed by atoms with Gasteiger partial charge in [-0.2, -0.15) is 0 Å². The van der Waals surface area contributed by atoms with Gasteiger partial charge in [0.05, 0.1) is 31.5 Å². The second-order valence-electron chi connectivity index (χ2n) is 5.06. The minimum absolute atomic E-state index is 0.0660. The van der Waals surface area contributed by atoms with Crippen molar-refractivity contribution in [3.05, 3.63) is 23.8 Å². The first-order chi connectivity index (χ1) is 8.79. The maximum atomic E-state index is 10.3. The number of nitrogens with one attached hydrogen (secondary N) is 1. The highest BCUT2D eigenvalue weighted by Crippen LogP contribution is 2.36. The standard InChI is InChI=1S/C14H19NO3/c1-17-12-4-2-3-9-7-11(16)13(15-14(9)12)10-5-6-18-8-10/h2-4,10-11,13,15-16H,5-8H2,1H3. The van der Waals surface area contributed by atoms with E-state index >= 15 is 0 Å². The van der Waals surface area contributed by atoms with Crippen molar-refractivity contribution >= 4 is 5.69 Å². The Kier molecular flexibility index (Phi) is 3.14. The molecule has 0 bridgehead atoms. The molecule has 2 aliphatic rings. The second kappa shape index (κ2) is 4.78. The summed E-state index contributed by atoms with van der Waals surface area (Å²) in [5.74, 6) is 1.24. The van der Waals surface area contributed by atoms with Gasteiger partial charge in [0.2, 0.25) is 0 Å². The van der Waals surface area contributed by atoms with Crippen LogP contribution in [0.2, 0.25) is 0 Å². The first kappa shape index (κ1) is 11.8. The van der Waals surface area contributed by atoms with Gasteiger partial charge >= 0.3 is 0 Å². The zero-order valence-electron chi connectivity index (χ0n) is 10.6. The number of benzene rings is 1. The fourth-order valence-corrected chi connectivity index (χ4v) is 2.96. The number of rotatable bonds is 2. The summed E-state index contributed by atoms with van der Waals surface area (Å²) < 4.78 is 10.8. The van der Waals surface area contributed by atoms with Crippen LogP contribution in [-0.2, 0) is 11.2 Å². The highest BCUT2D eigenvalue weighted by Gasteiger charge is 2.35. The number of para-hydroxylation sites is 1. The third kappa shape index (κ3) is 1.95. The Hall–Kier alpha value is -1.26. The average Bonchev–Trinajstić information content (AvgIpc) is 2.90. The molecule has 2 aliphatic heterocycles. The highest BCUT2D eigenvalue weighted by atomic mass is 16.5. The summed E-state index contributed by atoms with van der Waals surface area (Å²) in [7, 11) is 1.68. The van der Waals surface area contributed by atoms with Crippen LogP contribution in [0.25, 0.3) is 0 Å². The van der Waals surface area contributed by atoms with Crippen molar-refractivity contribution < 1.29 is 14.6 Å². The summed E-state index contributed by atoms with van der Waals surface area (Å²) in [6, 6.07) is 6.02. The number of hydrogen-bond acceptors (Lipinski definition) is 4. The molecule has 1 aromatic carbocycles. The van der Waals surface area contributed by atoms with Crippen LogP contribution in [0.1, 0.15) is 12.0 Å². The first-order valence-corrected chi connectivity index (χ1v) is 6.48. The number of aliphatic hydroxyl groups excluding tert-OH is 1. The van der Waals surface area contributed by atoms with E-state index in [0.29, 0.717) is 12.3 Å². The first-order valence-electron chi connectivity index (χ1n) is 6.48. The molecule has 0 radical (unpaired) electrons. The number of fused-ring (bicyclic) bond motifs is 1. The third-order valence-corrected chi connectivity index (χ3v) is 3.96. The Morgan fingerprint density at radius 3 is 3.06 bits per heavy atom. The van der Waals surface area contributed by atoms with Crippen LogP contribution in [0.15, 0.2) is 18.2 Å². The SMILES string of the molecule is COc1cccc2c1NC(C1CCOC1)C(O)C2. The van der Waals surface area contributed by atoms with Gasteiger partial charge in [-0.1, -0.05) is 12.1 Å². The van der Waals surface area contributed by atoms with E-state index in [-0.39, 0.29) is 12.1 Å². The Bertz CT molecular complexity index is 429. The quantitative estimate of drug-likeness (QED) is 0.832. The number of hydrogen-bond donors (Lipinski definition) is 2. The predicted molar refractivity (Wildman–Crippen MR) is 69.0 cm³/mol. The van der Waals surface area contributed by atoms with Crippen LogP contribution in [0.5, 0.6) is 5.75 Å². The zero-order chi connectivity index (χ0) is 12.5. The van der Waals surface area contributed by atoms with Crippen molar-refractivity contribution in [2.75, 3.05) is 25.6 Å². The molecule has 3 unspecified atom stereocenters. The monoisotopic (exact) mass is 249 g/mol. The lowest BCUT2D eigenvalue weighted by atomic mass is 9.86. The topological polar surface area (TPSA) is 50.7 Å². The molecule has 1 aromatic rings. The minimum Gasteiger partial charge on any atom is -0.495 e. The van der Waals surface area contributed by atoms with Crippen LogP contribution < -0.4 is 10.1 Å². The Balaban J connectivity index is 1.89. The molecule has 3 atom stereocenters. The van der Waals surface area contributed by atoms with Gasteiger partial charge in [0, 0.05) is 18.9 Å². The van der Waals surface area contributed by atoms with Crippen molar-refractivity contribution in [2.24, 2.45) is 5.92 Å². The van der Waals surface area contributed by atoms with Gasteiger partial charge < -0.3 is 19.9 Å². The summed E-state index contributed by atoms with van der Waals surface area (Å²) in [4.78, 5) is 0. The summed E-state index contributed by atoms with van der Waals surface area (Å²) >= 11 is 0. The molecule has 4 heteroatoms. The van der Waals surface area contributed by atoms with Crippen LogP contribution in [0.3, 0.4) is 0 Å². The number of ether oxygens (including phenoxy) is 2. The molecular weight excluding hydrogens is 230 g/mol. The third-order valence-electron chi connectivity index (χ3n) is 3.96. The van der Waals surface area contributed by atoms with Gasteiger partial charge in [-0.3, -0.25) is 0 Å². The van der Waals surface area contributed by atoms with Gasteiger partial charge in [-0.15, -0.1) is 0 Å². The lowest BCUT2D eigenvalue weighted by Crippen LogP contribution is -2.44. The van der Waals surface area contributed by atoms with Gasteiger partial charge in [0.15, 0.2) is 0 Å². The van der Waals surface area contributed by atoms with E-state index in [1.165, 1.54) is 0 Å². The second-order valence-corrected chi connectivity index (χ2v) is 5.06. The van der Waals surface area contributed by atoms with Crippen LogP contribution in [0, 0.1) is 5.92 Å². The highest BCUT2D eigenvalue weighted by molar-refractivity contribution is 5.64. The molecule has 0 spiro atoms. The minimum atomic E-state index is -0.351. The molecule has 0 saturated carbocycles. The molecule has 98 valence electrons. The van der Waals surface area contributed by atoms with E-state index in [0.717, 1.165) is 36.6 Å². The largest absolute Gasteiger partial charge is 0.495 e. The van der Waals surface area contributed by atoms with Crippen LogP contribution in [-0.4, -0.2) is 37.6 Å². The Morgan fingerprint density at radius 2 is 2.33 bits per heavy atom. The van der Waals surface area contributed by atoms with E-state index in [9.17, 15) is 5.11 Å². The van der Waals surface area contributed by atoms with E-state index in [4.69, 9.17) is 9.47 Å². The maximum absolute atomic E-state index is 10.3. The molecule has 1 saturated heterocycles. The zero-order valence-corrected chi connectivity index (χ0v) is 10.6. The fourth-order valence-electron chi connectivity index (χ4n) is 2.96. The van der Waals surface area contributed by atoms with Crippen molar-refractivity contribution in [1.29, 1.82) is 0 Å². The molecule has 2 heterocycles. The van der Waals surface area contributed by atoms with Crippen molar-refractivity contribution in [1.82, 2.24) is 0 Å². The fraction of sp³-hybridized carbons (Fsp3) is 0.571. The molecule has 18 heavy (non-hydrogen) atoms. The van der Waals surface area contributed by atoms with E-state index in [1.807, 2.05) is 18.2 Å². The van der Waals surface area contributed by atoms with Gasteiger partial charge in [0.1, 0.15) is 5.75 Å². The van der Waals surface area contributed by atoms with Gasteiger partial charge in [-0.25, -0.2) is 0 Å². The molecule has 2 N–H and O–H groups in total. The van der Waals surface area contributed by atoms with Crippen molar-refractivity contribution in [3.8, 4) is 5.75 Å². The average molecular weight is 249 g/mol. The molecule has 0 amide bonds. The molecule has 3 rings (SSSR count). The molecule has 4 nitrogen and oxygen atoms in total. The predicted octanol–water partition coefficient (Wildman–Crippen LogP) is 1.43. The summed E-state index contributed by atoms with van der Waals surface area (Å²) in [5.41, 5.74) is 2.15. The van der Waals surface area contributed by atoms with E-state index in [2.05, 4.69) is 5.32 Å². The van der Waals surface area contributed by atoms with Crippen molar-refractivity contribution in [2.45, 2.75) is 25.0 Å². The Morgan fingerprint density at radius 1 is 1.44 bits per heavy atom. The molecule has 0 aromatic heterocycles. The number of aliphatic hydroxyl groups is 1. The van der Waals surface area contributed by atoms with Gasteiger partial charge in [0.25, 0.3) is 0 Å². The summed E-state index contributed by atoms with van der Waals surface area (Å²) in [6.45, 7) is 1.54. The lowest BCUT2D eigenvalue weighted by Gasteiger charge is -2.35. The Labute approximate surface area is 107 Å². The number of methoxy groups -OCH3 is 1. The van der Waals surface area contributed by atoms with Crippen LogP contribution in [0.4, 0.5) is 5.69 Å². The molecular formula is C14H19NO3. The molecule has 1 fully saturated rings. The number of anilines is 1. The maximum Gasteiger partial charge on any atom is 0.142 e.